The molecule has 0 unspecified atom stereocenters. The summed E-state index contributed by atoms with van der Waals surface area (Å²) in [6.07, 6.45) is 1.30. The van der Waals surface area contributed by atoms with Crippen LogP contribution in [0.4, 0.5) is 0 Å². The fraction of sp³-hybridized carbons (Fsp3) is 0.250. The Morgan fingerprint density at radius 3 is 2.57 bits per heavy atom. The Labute approximate surface area is 79.6 Å². The molecule has 0 spiro atoms. The van der Waals surface area contributed by atoms with E-state index in [4.69, 9.17) is 5.11 Å². The van der Waals surface area contributed by atoms with Gasteiger partial charge in [-0.25, -0.2) is 19.6 Å². The molecule has 1 rings (SSSR count). The maximum absolute atomic E-state index is 11.1. The molecule has 1 aromatic heterocycles. The van der Waals surface area contributed by atoms with E-state index in [0.29, 0.717) is 5.69 Å². The minimum atomic E-state index is -1.30. The summed E-state index contributed by atoms with van der Waals surface area (Å²) < 4.78 is 4.36. The molecule has 0 radical (unpaired) electrons. The van der Waals surface area contributed by atoms with E-state index >= 15 is 0 Å². The van der Waals surface area contributed by atoms with Crippen molar-refractivity contribution >= 4 is 11.9 Å². The maximum Gasteiger partial charge on any atom is 0.359 e. The molecule has 0 aromatic carbocycles. The Kier molecular flexibility index (Phi) is 2.76. The highest BCUT2D eigenvalue weighted by atomic mass is 16.5. The normalized spacial score (nSPS) is 9.57. The van der Waals surface area contributed by atoms with Crippen molar-refractivity contribution in [3.63, 3.8) is 0 Å². The van der Waals surface area contributed by atoms with Crippen LogP contribution in [0.3, 0.4) is 0 Å². The van der Waals surface area contributed by atoms with E-state index in [-0.39, 0.29) is 5.69 Å². The van der Waals surface area contributed by atoms with Gasteiger partial charge in [-0.1, -0.05) is 0 Å². The van der Waals surface area contributed by atoms with Gasteiger partial charge < -0.3 is 9.84 Å². The van der Waals surface area contributed by atoms with Gasteiger partial charge in [0.05, 0.1) is 12.8 Å². The predicted molar refractivity (Wildman–Crippen MR) is 45.1 cm³/mol. The largest absolute Gasteiger partial charge is 0.476 e. The molecule has 1 N–H and O–H groups in total. The zero-order valence-corrected chi connectivity index (χ0v) is 7.64. The average molecular weight is 196 g/mol. The van der Waals surface area contributed by atoms with Gasteiger partial charge in [0.15, 0.2) is 11.4 Å². The highest BCUT2D eigenvalue weighted by Crippen LogP contribution is 2.05. The number of carboxylic acid groups (broad SMARTS) is 1. The van der Waals surface area contributed by atoms with Crippen molar-refractivity contribution in [2.45, 2.75) is 6.92 Å². The first kappa shape index (κ1) is 10.1. The molecular weight excluding hydrogens is 188 g/mol. The lowest BCUT2D eigenvalue weighted by atomic mass is 10.3. The van der Waals surface area contributed by atoms with Crippen LogP contribution in [-0.4, -0.2) is 34.1 Å². The van der Waals surface area contributed by atoms with Crippen LogP contribution in [0.5, 0.6) is 0 Å². The summed E-state index contributed by atoms with van der Waals surface area (Å²) in [6.45, 7) is 1.58. The van der Waals surface area contributed by atoms with Crippen LogP contribution in [0, 0.1) is 6.92 Å². The Bertz CT molecular complexity index is 389. The second kappa shape index (κ2) is 3.82. The van der Waals surface area contributed by atoms with E-state index < -0.39 is 17.6 Å². The molecule has 0 fully saturated rings. The average Bonchev–Trinajstić information content (AvgIpc) is 2.16. The molecule has 0 saturated heterocycles. The molecule has 14 heavy (non-hydrogen) atoms. The van der Waals surface area contributed by atoms with Crippen molar-refractivity contribution in [1.82, 2.24) is 9.97 Å². The molecule has 0 aliphatic heterocycles. The van der Waals surface area contributed by atoms with Gasteiger partial charge in [0.1, 0.15) is 0 Å². The topological polar surface area (TPSA) is 89.4 Å². The van der Waals surface area contributed by atoms with Gasteiger partial charge >= 0.3 is 11.9 Å². The first-order valence-electron chi connectivity index (χ1n) is 3.71. The molecule has 6 nitrogen and oxygen atoms in total. The standard InChI is InChI=1S/C8H8N2O4/c1-4-3-9-6(8(13)14-2)5(10-4)7(11)12/h3H,1-2H3,(H,11,12). The quantitative estimate of drug-likeness (QED) is 0.683. The highest BCUT2D eigenvalue weighted by molar-refractivity contribution is 5.99. The van der Waals surface area contributed by atoms with Gasteiger partial charge in [-0.05, 0) is 6.92 Å². The summed E-state index contributed by atoms with van der Waals surface area (Å²) in [7, 11) is 1.15. The molecule has 0 aliphatic rings. The van der Waals surface area contributed by atoms with Gasteiger partial charge in [-0.15, -0.1) is 0 Å². The number of carboxylic acids is 1. The van der Waals surface area contributed by atoms with Crippen molar-refractivity contribution in [2.75, 3.05) is 7.11 Å². The number of esters is 1. The number of aromatic nitrogens is 2. The number of hydrogen-bond acceptors (Lipinski definition) is 5. The van der Waals surface area contributed by atoms with Gasteiger partial charge in [0.2, 0.25) is 0 Å². The van der Waals surface area contributed by atoms with E-state index in [1.54, 1.807) is 6.92 Å². The monoisotopic (exact) mass is 196 g/mol. The van der Waals surface area contributed by atoms with Crippen LogP contribution in [0.15, 0.2) is 6.20 Å². The van der Waals surface area contributed by atoms with Crippen molar-refractivity contribution in [2.24, 2.45) is 0 Å². The lowest BCUT2D eigenvalue weighted by molar-refractivity contribution is 0.0573. The maximum atomic E-state index is 11.1. The first-order valence-corrected chi connectivity index (χ1v) is 3.71. The number of aryl methyl sites for hydroxylation is 1. The van der Waals surface area contributed by atoms with Crippen LogP contribution in [0.25, 0.3) is 0 Å². The van der Waals surface area contributed by atoms with Gasteiger partial charge in [0, 0.05) is 6.20 Å². The predicted octanol–water partition coefficient (Wildman–Crippen LogP) is 0.270. The van der Waals surface area contributed by atoms with Crippen molar-refractivity contribution in [3.05, 3.63) is 23.3 Å². The van der Waals surface area contributed by atoms with Crippen molar-refractivity contribution in [1.29, 1.82) is 0 Å². The third kappa shape index (κ3) is 1.85. The Morgan fingerprint density at radius 1 is 1.43 bits per heavy atom. The second-order valence-corrected chi connectivity index (χ2v) is 2.51. The minimum absolute atomic E-state index is 0.286. The molecule has 1 heterocycles. The number of methoxy groups -OCH3 is 1. The molecular formula is C8H8N2O4. The summed E-state index contributed by atoms with van der Waals surface area (Å²) in [5.74, 6) is -2.11. The van der Waals surface area contributed by atoms with Crippen molar-refractivity contribution < 1.29 is 19.4 Å². The Hall–Kier alpha value is -1.98. The number of carbonyl (C=O) groups is 2. The lowest BCUT2D eigenvalue weighted by Crippen LogP contribution is -2.15. The minimum Gasteiger partial charge on any atom is -0.476 e. The van der Waals surface area contributed by atoms with Crippen LogP contribution < -0.4 is 0 Å². The zero-order chi connectivity index (χ0) is 10.7. The number of carbonyl (C=O) groups excluding carboxylic acids is 1. The second-order valence-electron chi connectivity index (χ2n) is 2.51. The summed E-state index contributed by atoms with van der Waals surface area (Å²) in [5.41, 5.74) is -0.252. The van der Waals surface area contributed by atoms with Gasteiger partial charge in [-0.2, -0.15) is 0 Å². The number of hydrogen-bond donors (Lipinski definition) is 1. The third-order valence-electron chi connectivity index (χ3n) is 1.47. The van der Waals surface area contributed by atoms with Gasteiger partial charge in [-0.3, -0.25) is 0 Å². The highest BCUT2D eigenvalue weighted by Gasteiger charge is 2.20. The Morgan fingerprint density at radius 2 is 2.07 bits per heavy atom. The molecule has 0 atom stereocenters. The summed E-state index contributed by atoms with van der Waals surface area (Å²) >= 11 is 0. The number of rotatable bonds is 2. The fourth-order valence-corrected chi connectivity index (χ4v) is 0.872. The zero-order valence-electron chi connectivity index (χ0n) is 7.64. The number of aromatic carboxylic acids is 1. The first-order chi connectivity index (χ1) is 6.56. The molecule has 74 valence electrons. The molecule has 1 aromatic rings. The fourth-order valence-electron chi connectivity index (χ4n) is 0.872. The van der Waals surface area contributed by atoms with E-state index in [2.05, 4.69) is 14.7 Å². The van der Waals surface area contributed by atoms with E-state index in [1.165, 1.54) is 6.20 Å². The van der Waals surface area contributed by atoms with Gasteiger partial charge in [0.25, 0.3) is 0 Å². The van der Waals surface area contributed by atoms with E-state index in [0.717, 1.165) is 7.11 Å². The Balaban J connectivity index is 3.28. The molecule has 0 aliphatic carbocycles. The smallest absolute Gasteiger partial charge is 0.359 e. The molecule has 0 saturated carbocycles. The van der Waals surface area contributed by atoms with E-state index in [1.807, 2.05) is 0 Å². The summed E-state index contributed by atoms with van der Waals surface area (Å²) in [5, 5.41) is 8.72. The van der Waals surface area contributed by atoms with Crippen LogP contribution >= 0.6 is 0 Å². The SMILES string of the molecule is COC(=O)c1ncc(C)nc1C(=O)O. The number of ether oxygens (including phenoxy) is 1. The molecule has 0 bridgehead atoms. The van der Waals surface area contributed by atoms with Crippen LogP contribution in [0.1, 0.15) is 26.7 Å². The lowest BCUT2D eigenvalue weighted by Gasteiger charge is -2.02. The summed E-state index contributed by atoms with van der Waals surface area (Å²) in [4.78, 5) is 29.1. The van der Waals surface area contributed by atoms with Crippen molar-refractivity contribution in [3.8, 4) is 0 Å². The third-order valence-corrected chi connectivity index (χ3v) is 1.47. The molecule has 0 amide bonds. The number of nitrogens with zero attached hydrogens (tertiary/aromatic N) is 2. The van der Waals surface area contributed by atoms with Crippen LogP contribution in [0.2, 0.25) is 0 Å². The van der Waals surface area contributed by atoms with Crippen LogP contribution in [-0.2, 0) is 4.74 Å². The summed E-state index contributed by atoms with van der Waals surface area (Å²) in [6, 6.07) is 0. The van der Waals surface area contributed by atoms with E-state index in [9.17, 15) is 9.59 Å². The molecule has 6 heteroatoms.